The minimum atomic E-state index is -0.832. The smallest absolute Gasteiger partial charge is 0.313 e. The summed E-state index contributed by atoms with van der Waals surface area (Å²) >= 11 is 1.30. The van der Waals surface area contributed by atoms with E-state index in [1.165, 1.54) is 11.8 Å². The summed E-state index contributed by atoms with van der Waals surface area (Å²) in [6, 6.07) is 7.84. The first-order chi connectivity index (χ1) is 9.35. The Kier molecular flexibility index (Phi) is 6.07. The van der Waals surface area contributed by atoms with Crippen LogP contribution in [0.15, 0.2) is 24.3 Å². The van der Waals surface area contributed by atoms with Crippen molar-refractivity contribution in [3.63, 3.8) is 0 Å². The summed E-state index contributed by atoms with van der Waals surface area (Å²) in [6.07, 6.45) is 0. The van der Waals surface area contributed by atoms with Crippen molar-refractivity contribution in [3.8, 4) is 0 Å². The van der Waals surface area contributed by atoms with Crippen LogP contribution in [0.1, 0.15) is 25.0 Å². The summed E-state index contributed by atoms with van der Waals surface area (Å²) < 4.78 is 0. The van der Waals surface area contributed by atoms with Gasteiger partial charge in [0.2, 0.25) is 5.91 Å². The fourth-order valence-corrected chi connectivity index (χ4v) is 2.58. The van der Waals surface area contributed by atoms with E-state index in [9.17, 15) is 9.59 Å². The van der Waals surface area contributed by atoms with E-state index >= 15 is 0 Å². The van der Waals surface area contributed by atoms with Crippen LogP contribution in [-0.4, -0.2) is 35.0 Å². The van der Waals surface area contributed by atoms with Gasteiger partial charge in [-0.05, 0) is 31.9 Å². The monoisotopic (exact) mass is 295 g/mol. The number of carboxylic acids is 1. The first-order valence-corrected chi connectivity index (χ1v) is 7.65. The Morgan fingerprint density at radius 1 is 1.30 bits per heavy atom. The summed E-state index contributed by atoms with van der Waals surface area (Å²) in [5, 5.41) is 11.4. The number of carboxylic acid groups (broad SMARTS) is 1. The normalized spacial score (nSPS) is 11.2. The molecule has 1 amide bonds. The maximum atomic E-state index is 12.3. The van der Waals surface area contributed by atoms with Gasteiger partial charge in [0.1, 0.15) is 0 Å². The van der Waals surface area contributed by atoms with Crippen molar-refractivity contribution in [1.82, 2.24) is 5.32 Å². The van der Waals surface area contributed by atoms with E-state index in [0.717, 1.165) is 11.1 Å². The highest BCUT2D eigenvalue weighted by Crippen LogP contribution is 2.26. The van der Waals surface area contributed by atoms with Crippen LogP contribution in [-0.2, 0) is 15.0 Å². The number of thioether (sulfide) groups is 1. The zero-order valence-corrected chi connectivity index (χ0v) is 12.9. The lowest BCUT2D eigenvalue weighted by molar-refractivity contribution is -0.134. The zero-order chi connectivity index (χ0) is 15.2. The molecule has 0 saturated heterocycles. The van der Waals surface area contributed by atoms with E-state index in [1.807, 2.05) is 45.0 Å². The van der Waals surface area contributed by atoms with Crippen LogP contribution in [0.4, 0.5) is 0 Å². The van der Waals surface area contributed by atoms with Crippen molar-refractivity contribution < 1.29 is 14.7 Å². The van der Waals surface area contributed by atoms with Crippen molar-refractivity contribution >= 4 is 23.6 Å². The molecule has 0 spiro atoms. The molecule has 0 aliphatic carbocycles. The quantitative estimate of drug-likeness (QED) is 0.757. The van der Waals surface area contributed by atoms with Crippen LogP contribution in [0.2, 0.25) is 0 Å². The molecule has 0 heterocycles. The Bertz CT molecular complexity index is 486. The number of aryl methyl sites for hydroxylation is 1. The van der Waals surface area contributed by atoms with Gasteiger partial charge in [0.05, 0.1) is 11.2 Å². The van der Waals surface area contributed by atoms with Gasteiger partial charge in [0.15, 0.2) is 0 Å². The average molecular weight is 295 g/mol. The van der Waals surface area contributed by atoms with Gasteiger partial charge in [0.25, 0.3) is 0 Å². The summed E-state index contributed by atoms with van der Waals surface area (Å²) in [6.45, 7) is 6.27. The molecule has 0 saturated carbocycles. The molecule has 20 heavy (non-hydrogen) atoms. The fraction of sp³-hybridized carbons (Fsp3) is 0.467. The van der Waals surface area contributed by atoms with Crippen molar-refractivity contribution in [3.05, 3.63) is 35.4 Å². The van der Waals surface area contributed by atoms with Crippen LogP contribution in [0.5, 0.6) is 0 Å². The van der Waals surface area contributed by atoms with Crippen LogP contribution < -0.4 is 5.32 Å². The highest BCUT2D eigenvalue weighted by molar-refractivity contribution is 7.99. The fourth-order valence-electron chi connectivity index (χ4n) is 2.01. The third-order valence-corrected chi connectivity index (χ3v) is 4.09. The van der Waals surface area contributed by atoms with Crippen LogP contribution in [0.3, 0.4) is 0 Å². The van der Waals surface area contributed by atoms with E-state index in [-0.39, 0.29) is 11.7 Å². The number of nitrogens with one attached hydrogen (secondary N) is 1. The first-order valence-electron chi connectivity index (χ1n) is 6.49. The molecule has 0 fully saturated rings. The maximum Gasteiger partial charge on any atom is 0.313 e. The molecule has 0 radical (unpaired) electrons. The number of hydrogen-bond donors (Lipinski definition) is 2. The minimum Gasteiger partial charge on any atom is -0.481 e. The molecule has 0 atom stereocenters. The van der Waals surface area contributed by atoms with Gasteiger partial charge in [-0.15, -0.1) is 11.8 Å². The van der Waals surface area contributed by atoms with E-state index < -0.39 is 11.4 Å². The lowest BCUT2D eigenvalue weighted by atomic mass is 9.81. The molecule has 1 rings (SSSR count). The highest BCUT2D eigenvalue weighted by Gasteiger charge is 2.30. The molecule has 2 N–H and O–H groups in total. The summed E-state index contributed by atoms with van der Waals surface area (Å²) in [5.41, 5.74) is 1.51. The van der Waals surface area contributed by atoms with Crippen molar-refractivity contribution in [2.24, 2.45) is 0 Å². The van der Waals surface area contributed by atoms with Crippen molar-refractivity contribution in [2.75, 3.05) is 18.1 Å². The first kappa shape index (κ1) is 16.6. The maximum absolute atomic E-state index is 12.3. The van der Waals surface area contributed by atoms with Gasteiger partial charge in [-0.25, -0.2) is 0 Å². The minimum absolute atomic E-state index is 0.0391. The van der Waals surface area contributed by atoms with Gasteiger partial charge in [0, 0.05) is 12.3 Å². The van der Waals surface area contributed by atoms with Crippen LogP contribution in [0, 0.1) is 6.92 Å². The lowest BCUT2D eigenvalue weighted by Gasteiger charge is -2.26. The molecular weight excluding hydrogens is 274 g/mol. The SMILES string of the molecule is Cc1ccccc1C(C)(C)C(=O)NCCSCC(=O)O. The summed E-state index contributed by atoms with van der Waals surface area (Å²) in [7, 11) is 0. The molecule has 1 aromatic carbocycles. The van der Waals surface area contributed by atoms with E-state index in [1.54, 1.807) is 0 Å². The third kappa shape index (κ3) is 4.56. The molecule has 0 bridgehead atoms. The second-order valence-corrected chi connectivity index (χ2v) is 6.25. The van der Waals surface area contributed by atoms with Gasteiger partial charge >= 0.3 is 5.97 Å². The summed E-state index contributed by atoms with van der Waals surface area (Å²) in [5.74, 6) is -0.205. The average Bonchev–Trinajstić information content (AvgIpc) is 2.38. The van der Waals surface area contributed by atoms with Crippen molar-refractivity contribution in [1.29, 1.82) is 0 Å². The van der Waals surface area contributed by atoms with Gasteiger partial charge < -0.3 is 10.4 Å². The third-order valence-electron chi connectivity index (χ3n) is 3.14. The largest absolute Gasteiger partial charge is 0.481 e. The standard InChI is InChI=1S/C15H21NO3S/c1-11-6-4-5-7-12(11)15(2,3)14(19)16-8-9-20-10-13(17)18/h4-7H,8-10H2,1-3H3,(H,16,19)(H,17,18). The molecular formula is C15H21NO3S. The number of amides is 1. The molecule has 0 aromatic heterocycles. The van der Waals surface area contributed by atoms with E-state index in [4.69, 9.17) is 5.11 Å². The van der Waals surface area contributed by atoms with E-state index in [0.29, 0.717) is 12.3 Å². The van der Waals surface area contributed by atoms with Crippen molar-refractivity contribution in [2.45, 2.75) is 26.2 Å². The number of carbonyl (C=O) groups is 2. The number of rotatable bonds is 7. The predicted octanol–water partition coefficient (Wildman–Crippen LogP) is 2.21. The van der Waals surface area contributed by atoms with E-state index in [2.05, 4.69) is 5.32 Å². The number of hydrogen-bond acceptors (Lipinski definition) is 3. The topological polar surface area (TPSA) is 66.4 Å². The summed E-state index contributed by atoms with van der Waals surface area (Å²) in [4.78, 5) is 22.6. The second kappa shape index (κ2) is 7.33. The number of carbonyl (C=O) groups excluding carboxylic acids is 1. The molecule has 110 valence electrons. The molecule has 0 aliphatic heterocycles. The number of aliphatic carboxylic acids is 1. The zero-order valence-electron chi connectivity index (χ0n) is 12.1. The van der Waals surface area contributed by atoms with Gasteiger partial charge in [-0.1, -0.05) is 24.3 Å². The Morgan fingerprint density at radius 3 is 2.55 bits per heavy atom. The molecule has 4 nitrogen and oxygen atoms in total. The number of benzene rings is 1. The van der Waals surface area contributed by atoms with Crippen LogP contribution in [0.25, 0.3) is 0 Å². The van der Waals surface area contributed by atoms with Gasteiger partial charge in [-0.2, -0.15) is 0 Å². The Labute approximate surface area is 124 Å². The lowest BCUT2D eigenvalue weighted by Crippen LogP contribution is -2.41. The molecule has 0 aliphatic rings. The molecule has 0 unspecified atom stereocenters. The molecule has 5 heteroatoms. The highest BCUT2D eigenvalue weighted by atomic mass is 32.2. The Balaban J connectivity index is 2.53. The van der Waals surface area contributed by atoms with Gasteiger partial charge in [-0.3, -0.25) is 9.59 Å². The molecule has 1 aromatic rings. The Hall–Kier alpha value is -1.49. The predicted molar refractivity (Wildman–Crippen MR) is 82.2 cm³/mol. The van der Waals surface area contributed by atoms with Crippen LogP contribution >= 0.6 is 11.8 Å². The Morgan fingerprint density at radius 2 is 1.95 bits per heavy atom. The second-order valence-electron chi connectivity index (χ2n) is 5.14.